The fourth-order valence-electron chi connectivity index (χ4n) is 11.5. The molecule has 3 atom stereocenters. The molecule has 6 heteroatoms. The molecule has 1 fully saturated rings. The van der Waals surface area contributed by atoms with Gasteiger partial charge in [-0.3, -0.25) is 16.0 Å². The second-order valence-corrected chi connectivity index (χ2v) is 18.5. The summed E-state index contributed by atoms with van der Waals surface area (Å²) in [4.78, 5) is 0. The van der Waals surface area contributed by atoms with Gasteiger partial charge in [0, 0.05) is 49.3 Å². The van der Waals surface area contributed by atoms with Gasteiger partial charge in [-0.1, -0.05) is 164 Å². The molecule has 1 aliphatic carbocycles. The summed E-state index contributed by atoms with van der Waals surface area (Å²) in [7, 11) is 0. The minimum atomic E-state index is -0.142. The number of para-hydroxylation sites is 4. The zero-order chi connectivity index (χ0) is 45.4. The number of fused-ring (bicyclic) bond motifs is 10. The predicted molar refractivity (Wildman–Crippen MR) is 286 cm³/mol. The zero-order valence-corrected chi connectivity index (χ0v) is 37.9. The molecule has 2 aliphatic rings. The van der Waals surface area contributed by atoms with Crippen LogP contribution in [0, 0.1) is 0 Å². The molecular formula is C63H48N6. The van der Waals surface area contributed by atoms with Crippen LogP contribution in [0.5, 0.6) is 0 Å². The van der Waals surface area contributed by atoms with Crippen LogP contribution in [0.25, 0.3) is 93.6 Å². The third-order valence-corrected chi connectivity index (χ3v) is 14.6. The topological polar surface area (TPSA) is 50.9 Å². The zero-order valence-electron chi connectivity index (χ0n) is 37.9. The highest BCUT2D eigenvalue weighted by atomic mass is 15.4. The molecule has 4 heterocycles. The lowest BCUT2D eigenvalue weighted by molar-refractivity contribution is 0.224. The molecule has 9 aromatic carbocycles. The first-order valence-corrected chi connectivity index (χ1v) is 24.2. The Morgan fingerprint density at radius 3 is 1.67 bits per heavy atom. The number of allylic oxidation sites excluding steroid dienone is 2. The van der Waals surface area contributed by atoms with Crippen molar-refractivity contribution in [2.45, 2.75) is 31.3 Å². The molecule has 1 aliphatic heterocycles. The van der Waals surface area contributed by atoms with Crippen LogP contribution in [-0.2, 0) is 0 Å². The lowest BCUT2D eigenvalue weighted by Gasteiger charge is -2.40. The Hall–Kier alpha value is -8.26. The fourth-order valence-corrected chi connectivity index (χ4v) is 11.5. The average Bonchev–Trinajstić information content (AvgIpc) is 4.07. The molecule has 12 aromatic rings. The highest BCUT2D eigenvalue weighted by Gasteiger charge is 2.31. The first-order valence-electron chi connectivity index (χ1n) is 24.2. The highest BCUT2D eigenvalue weighted by Crippen LogP contribution is 2.45. The normalized spacial score (nSPS) is 17.4. The molecule has 0 bridgehead atoms. The quantitative estimate of drug-likeness (QED) is 0.149. The maximum atomic E-state index is 3.99. The first-order chi connectivity index (χ1) is 34.2. The van der Waals surface area contributed by atoms with E-state index in [0.717, 1.165) is 46.5 Å². The Labute approximate surface area is 400 Å². The number of nitrogens with zero attached hydrogens (tertiary/aromatic N) is 3. The molecule has 6 nitrogen and oxygen atoms in total. The summed E-state index contributed by atoms with van der Waals surface area (Å²) in [5.74, 6) is 0. The van der Waals surface area contributed by atoms with E-state index in [4.69, 9.17) is 0 Å². The van der Waals surface area contributed by atoms with Gasteiger partial charge in [-0.2, -0.15) is 0 Å². The van der Waals surface area contributed by atoms with E-state index in [1.807, 2.05) is 0 Å². The first kappa shape index (κ1) is 39.9. The summed E-state index contributed by atoms with van der Waals surface area (Å²) in [6, 6.07) is 77.9. The molecule has 3 unspecified atom stereocenters. The average molecular weight is 889 g/mol. The van der Waals surface area contributed by atoms with Crippen molar-refractivity contribution in [1.82, 2.24) is 29.7 Å². The van der Waals surface area contributed by atoms with Crippen molar-refractivity contribution in [2.24, 2.45) is 0 Å². The van der Waals surface area contributed by atoms with Crippen molar-refractivity contribution in [2.75, 3.05) is 0 Å². The number of aromatic nitrogens is 3. The van der Waals surface area contributed by atoms with E-state index >= 15 is 0 Å². The third-order valence-electron chi connectivity index (χ3n) is 14.6. The molecule has 0 saturated carbocycles. The summed E-state index contributed by atoms with van der Waals surface area (Å²) in [5.41, 5.74) is 16.5. The van der Waals surface area contributed by atoms with Crippen molar-refractivity contribution in [3.8, 4) is 28.2 Å². The number of hydrogen-bond donors (Lipinski definition) is 3. The molecule has 69 heavy (non-hydrogen) atoms. The van der Waals surface area contributed by atoms with Crippen molar-refractivity contribution in [1.29, 1.82) is 0 Å². The van der Waals surface area contributed by atoms with E-state index < -0.39 is 0 Å². The van der Waals surface area contributed by atoms with Crippen molar-refractivity contribution in [3.05, 3.63) is 247 Å². The number of nitrogens with one attached hydrogen (secondary N) is 3. The molecule has 0 amide bonds. The SMILES string of the molecule is C1=CC(C2NC(c3ccccc3)NC(c3ccc(-n4c5ccc(-n6c7ccccc7c7ccccc76)cc5c5ccc6c(c7ccccc7n6-c6ccccc6)c54)c(-c4ccccc4)c3)N2)=CCC1. The van der Waals surface area contributed by atoms with Crippen LogP contribution in [0.4, 0.5) is 0 Å². The summed E-state index contributed by atoms with van der Waals surface area (Å²) in [6.45, 7) is 0. The standard InChI is InChI=1S/C63H48N6/c1-5-19-41(20-6-1)51-39-44(63-65-61(42-21-7-2-8-22-42)64-62(66-63)43-23-9-3-10-24-43)33-36-56(51)69-57-37-34-46(68-53-30-16-13-27-47(53)48-28-14-17-31-54(48)68)40-52(57)49-35-38-58-59(60(49)69)50-29-15-18-32-55(50)67(58)45-25-11-4-12-26-45/h1-2,4-9,11-40,61-66H,3,10H2. The van der Waals surface area contributed by atoms with Crippen LogP contribution < -0.4 is 16.0 Å². The van der Waals surface area contributed by atoms with Crippen LogP contribution >= 0.6 is 0 Å². The smallest absolute Gasteiger partial charge is 0.0864 e. The second kappa shape index (κ2) is 16.2. The van der Waals surface area contributed by atoms with Crippen LogP contribution in [-0.4, -0.2) is 19.9 Å². The molecule has 3 N–H and O–H groups in total. The van der Waals surface area contributed by atoms with Gasteiger partial charge in [0.2, 0.25) is 0 Å². The van der Waals surface area contributed by atoms with Gasteiger partial charge in [0.25, 0.3) is 0 Å². The van der Waals surface area contributed by atoms with Crippen molar-refractivity contribution < 1.29 is 0 Å². The van der Waals surface area contributed by atoms with Crippen LogP contribution in [0.15, 0.2) is 236 Å². The van der Waals surface area contributed by atoms with Crippen LogP contribution in [0.2, 0.25) is 0 Å². The lowest BCUT2D eigenvalue weighted by atomic mass is 9.97. The van der Waals surface area contributed by atoms with Gasteiger partial charge < -0.3 is 13.7 Å². The Kier molecular flexibility index (Phi) is 9.37. The molecular weight excluding hydrogens is 841 g/mol. The molecule has 330 valence electrons. The number of benzene rings is 9. The van der Waals surface area contributed by atoms with Gasteiger partial charge >= 0.3 is 0 Å². The van der Waals surface area contributed by atoms with Gasteiger partial charge in [0.05, 0.1) is 57.3 Å². The Morgan fingerprint density at radius 2 is 0.957 bits per heavy atom. The summed E-state index contributed by atoms with van der Waals surface area (Å²) < 4.78 is 7.43. The molecule has 14 rings (SSSR count). The summed E-state index contributed by atoms with van der Waals surface area (Å²) in [5, 5.41) is 19.2. The molecule has 0 radical (unpaired) electrons. The lowest BCUT2D eigenvalue weighted by Crippen LogP contribution is -2.59. The number of rotatable bonds is 7. The fraction of sp³-hybridized carbons (Fsp3) is 0.0794. The maximum Gasteiger partial charge on any atom is 0.0864 e. The minimum Gasteiger partial charge on any atom is -0.309 e. The van der Waals surface area contributed by atoms with E-state index in [-0.39, 0.29) is 18.5 Å². The molecule has 0 spiro atoms. The minimum absolute atomic E-state index is 0.0332. The van der Waals surface area contributed by atoms with Gasteiger partial charge in [0.1, 0.15) is 0 Å². The maximum absolute atomic E-state index is 3.99. The predicted octanol–water partition coefficient (Wildman–Crippen LogP) is 14.7. The van der Waals surface area contributed by atoms with E-state index in [9.17, 15) is 0 Å². The van der Waals surface area contributed by atoms with E-state index in [0.29, 0.717) is 0 Å². The summed E-state index contributed by atoms with van der Waals surface area (Å²) in [6.07, 6.45) is 8.83. The second-order valence-electron chi connectivity index (χ2n) is 18.5. The number of hydrogen-bond acceptors (Lipinski definition) is 3. The largest absolute Gasteiger partial charge is 0.309 e. The van der Waals surface area contributed by atoms with Gasteiger partial charge in [-0.05, 0) is 102 Å². The Bertz CT molecular complexity index is 3950. The molecule has 3 aromatic heterocycles. The van der Waals surface area contributed by atoms with E-state index in [2.05, 4.69) is 260 Å². The summed E-state index contributed by atoms with van der Waals surface area (Å²) >= 11 is 0. The molecule has 1 saturated heterocycles. The van der Waals surface area contributed by atoms with Crippen LogP contribution in [0.3, 0.4) is 0 Å². The highest BCUT2D eigenvalue weighted by molar-refractivity contribution is 6.26. The van der Waals surface area contributed by atoms with Gasteiger partial charge in [-0.25, -0.2) is 0 Å². The monoisotopic (exact) mass is 888 g/mol. The van der Waals surface area contributed by atoms with Crippen molar-refractivity contribution in [3.63, 3.8) is 0 Å². The third kappa shape index (κ3) is 6.45. The van der Waals surface area contributed by atoms with Gasteiger partial charge in [-0.15, -0.1) is 0 Å². The Morgan fingerprint density at radius 1 is 0.377 bits per heavy atom. The van der Waals surface area contributed by atoms with E-state index in [1.54, 1.807) is 0 Å². The van der Waals surface area contributed by atoms with E-state index in [1.165, 1.54) is 76.6 Å². The van der Waals surface area contributed by atoms with Crippen LogP contribution in [0.1, 0.15) is 36.3 Å². The van der Waals surface area contributed by atoms with Gasteiger partial charge in [0.15, 0.2) is 0 Å². The van der Waals surface area contributed by atoms with Crippen molar-refractivity contribution >= 4 is 65.4 Å². The Balaban J connectivity index is 1.04.